The molecule has 50 heavy (non-hydrogen) atoms. The number of hydrogen-bond acceptors (Lipinski definition) is 4. The molecule has 264 valence electrons. The van der Waals surface area contributed by atoms with Gasteiger partial charge in [0.2, 0.25) is 5.91 Å². The summed E-state index contributed by atoms with van der Waals surface area (Å²) in [7, 11) is 1.79. The lowest BCUT2D eigenvalue weighted by molar-refractivity contribution is -0.121. The quantitative estimate of drug-likeness (QED) is 0.0644. The third kappa shape index (κ3) is 11.6. The van der Waals surface area contributed by atoms with E-state index in [0.29, 0.717) is 36.3 Å². The zero-order valence-corrected chi connectivity index (χ0v) is 30.0. The molecule has 0 unspecified atom stereocenters. The molecule has 0 radical (unpaired) electrons. The molecular weight excluding hydrogens is 620 g/mol. The minimum absolute atomic E-state index is 0.0930. The summed E-state index contributed by atoms with van der Waals surface area (Å²) in [5.74, 6) is -0.188. The Morgan fingerprint density at radius 2 is 1.28 bits per heavy atom. The molecule has 0 saturated carbocycles. The van der Waals surface area contributed by atoms with Crippen LogP contribution in [0.3, 0.4) is 0 Å². The minimum Gasteiger partial charge on any atom is -0.373 e. The molecule has 0 aliphatic carbocycles. The minimum atomic E-state index is -0.584. The highest BCUT2D eigenvalue weighted by atomic mass is 16.2. The van der Waals surface area contributed by atoms with Crippen LogP contribution in [0.25, 0.3) is 11.1 Å². The fraction of sp³-hybridized carbons (Fsp3) is 0.372. The third-order valence-electron chi connectivity index (χ3n) is 9.01. The second kappa shape index (κ2) is 20.6. The van der Waals surface area contributed by atoms with Gasteiger partial charge in [-0.2, -0.15) is 0 Å². The number of unbranched alkanes of at least 4 members (excludes halogenated alkanes) is 7. The van der Waals surface area contributed by atoms with Crippen LogP contribution < -0.4 is 20.9 Å². The average molecular weight is 675 g/mol. The molecule has 4 aromatic rings. The van der Waals surface area contributed by atoms with Crippen LogP contribution in [-0.2, 0) is 11.2 Å². The van der Waals surface area contributed by atoms with E-state index in [9.17, 15) is 14.4 Å². The Bertz CT molecular complexity index is 1640. The normalized spacial score (nSPS) is 11.4. The lowest BCUT2D eigenvalue weighted by Gasteiger charge is -2.22. The largest absolute Gasteiger partial charge is 0.373 e. The van der Waals surface area contributed by atoms with Crippen molar-refractivity contribution in [3.05, 3.63) is 120 Å². The first-order chi connectivity index (χ1) is 24.4. The number of rotatable bonds is 20. The van der Waals surface area contributed by atoms with Gasteiger partial charge in [-0.3, -0.25) is 14.5 Å². The van der Waals surface area contributed by atoms with Crippen LogP contribution in [0.1, 0.15) is 93.1 Å². The highest BCUT2D eigenvalue weighted by Gasteiger charge is 2.22. The van der Waals surface area contributed by atoms with Crippen molar-refractivity contribution in [3.63, 3.8) is 0 Å². The Balaban J connectivity index is 1.46. The molecule has 0 aliphatic rings. The molecule has 0 fully saturated rings. The second-order valence-corrected chi connectivity index (χ2v) is 12.9. The van der Waals surface area contributed by atoms with Gasteiger partial charge in [0.25, 0.3) is 0 Å². The first-order valence-corrected chi connectivity index (χ1v) is 18.3. The van der Waals surface area contributed by atoms with Crippen molar-refractivity contribution >= 4 is 29.1 Å². The molecule has 0 bridgehead atoms. The van der Waals surface area contributed by atoms with E-state index in [0.717, 1.165) is 60.9 Å². The number of nitrogens with zero attached hydrogens (tertiary/aromatic N) is 1. The van der Waals surface area contributed by atoms with E-state index in [-0.39, 0.29) is 17.7 Å². The monoisotopic (exact) mass is 674 g/mol. The molecule has 3 amide bonds. The second-order valence-electron chi connectivity index (χ2n) is 12.9. The molecule has 0 spiro atoms. The van der Waals surface area contributed by atoms with Gasteiger partial charge in [-0.1, -0.05) is 138 Å². The van der Waals surface area contributed by atoms with Crippen molar-refractivity contribution in [2.24, 2.45) is 0 Å². The molecule has 0 aliphatic heterocycles. The van der Waals surface area contributed by atoms with Gasteiger partial charge in [-0.15, -0.1) is 0 Å². The summed E-state index contributed by atoms with van der Waals surface area (Å²) in [6.07, 6.45) is 10.5. The van der Waals surface area contributed by atoms with Crippen LogP contribution in [0.15, 0.2) is 103 Å². The van der Waals surface area contributed by atoms with E-state index in [4.69, 9.17) is 0 Å². The van der Waals surface area contributed by atoms with Crippen molar-refractivity contribution in [2.75, 3.05) is 30.4 Å². The molecule has 0 aromatic heterocycles. The predicted molar refractivity (Wildman–Crippen MR) is 207 cm³/mol. The zero-order chi connectivity index (χ0) is 35.6. The highest BCUT2D eigenvalue weighted by Crippen LogP contribution is 2.26. The lowest BCUT2D eigenvalue weighted by Crippen LogP contribution is -2.41. The predicted octanol–water partition coefficient (Wildman–Crippen LogP) is 9.42. The van der Waals surface area contributed by atoms with Gasteiger partial charge in [-0.25, -0.2) is 4.79 Å². The number of urea groups is 1. The van der Waals surface area contributed by atoms with E-state index >= 15 is 0 Å². The molecule has 7 nitrogen and oxygen atoms in total. The summed E-state index contributed by atoms with van der Waals surface area (Å²) in [4.78, 5) is 41.5. The number of para-hydroxylation sites is 1. The summed E-state index contributed by atoms with van der Waals surface area (Å²) in [6, 6.07) is 32.0. The number of benzene rings is 4. The molecular formula is C43H54N4O3. The zero-order valence-electron chi connectivity index (χ0n) is 30.0. The smallest absolute Gasteiger partial charge is 0.321 e. The Morgan fingerprint density at radius 3 is 2.00 bits per heavy atom. The number of carbonyl (C=O) groups excluding carboxylic acids is 3. The first-order valence-electron chi connectivity index (χ1n) is 18.3. The van der Waals surface area contributed by atoms with Crippen LogP contribution in [0.4, 0.5) is 16.2 Å². The first kappa shape index (κ1) is 37.9. The number of amides is 3. The highest BCUT2D eigenvalue weighted by molar-refractivity contribution is 6.12. The van der Waals surface area contributed by atoms with E-state index in [1.807, 2.05) is 72.8 Å². The van der Waals surface area contributed by atoms with Crippen molar-refractivity contribution in [3.8, 4) is 11.1 Å². The Labute approximate surface area is 298 Å². The van der Waals surface area contributed by atoms with Gasteiger partial charge >= 0.3 is 6.03 Å². The van der Waals surface area contributed by atoms with Gasteiger partial charge < -0.3 is 16.0 Å². The van der Waals surface area contributed by atoms with E-state index in [1.165, 1.54) is 19.3 Å². The topological polar surface area (TPSA) is 90.5 Å². The lowest BCUT2D eigenvalue weighted by atomic mass is 9.98. The van der Waals surface area contributed by atoms with Crippen molar-refractivity contribution in [2.45, 2.75) is 84.1 Å². The fourth-order valence-electron chi connectivity index (χ4n) is 5.96. The van der Waals surface area contributed by atoms with Gasteiger partial charge in [0.15, 0.2) is 5.78 Å². The molecule has 7 heteroatoms. The van der Waals surface area contributed by atoms with E-state index < -0.39 is 6.04 Å². The molecule has 3 N–H and O–H groups in total. The van der Waals surface area contributed by atoms with Gasteiger partial charge in [-0.05, 0) is 53.8 Å². The van der Waals surface area contributed by atoms with Crippen LogP contribution >= 0.6 is 0 Å². The third-order valence-corrected chi connectivity index (χ3v) is 9.01. The Morgan fingerprint density at radius 1 is 0.640 bits per heavy atom. The molecule has 4 aromatic carbocycles. The number of ketones is 1. The van der Waals surface area contributed by atoms with Crippen molar-refractivity contribution in [1.82, 2.24) is 10.6 Å². The summed E-state index contributed by atoms with van der Waals surface area (Å²) in [6.45, 7) is 5.66. The van der Waals surface area contributed by atoms with Crippen LogP contribution in [-0.4, -0.2) is 43.9 Å². The van der Waals surface area contributed by atoms with E-state index in [1.54, 1.807) is 30.1 Å². The number of anilines is 2. The summed E-state index contributed by atoms with van der Waals surface area (Å²) >= 11 is 0. The van der Waals surface area contributed by atoms with Crippen LogP contribution in [0, 0.1) is 0 Å². The standard InChI is InChI=1S/C43H54N4O3/c1-4-6-8-10-17-30-45-43(50)47(3)37-22-18-21-36(32-37)34-27-25-33(26-28-34)31-40(42(49)44-29-16-9-7-5-2)46-39-24-15-14-23-38(39)41(48)35-19-12-11-13-20-35/h11-15,18-28,32,40,46H,4-10,16-17,29-31H2,1-3H3,(H,44,49)(H,45,50)/t40-/m0/s1. The Kier molecular flexibility index (Phi) is 15.6. The van der Waals surface area contributed by atoms with E-state index in [2.05, 4.69) is 41.9 Å². The number of hydrogen-bond donors (Lipinski definition) is 3. The molecule has 4 rings (SSSR count). The average Bonchev–Trinajstić information content (AvgIpc) is 3.16. The molecule has 0 saturated heterocycles. The van der Waals surface area contributed by atoms with Crippen molar-refractivity contribution in [1.29, 1.82) is 0 Å². The van der Waals surface area contributed by atoms with Gasteiger partial charge in [0.05, 0.1) is 0 Å². The van der Waals surface area contributed by atoms with Crippen molar-refractivity contribution < 1.29 is 14.4 Å². The van der Waals surface area contributed by atoms with Crippen LogP contribution in [0.2, 0.25) is 0 Å². The molecule has 0 heterocycles. The number of carbonyl (C=O) groups is 3. The molecule has 1 atom stereocenters. The summed E-state index contributed by atoms with van der Waals surface area (Å²) in [5.41, 5.74) is 5.59. The maximum absolute atomic E-state index is 13.6. The summed E-state index contributed by atoms with van der Waals surface area (Å²) < 4.78 is 0. The maximum Gasteiger partial charge on any atom is 0.321 e. The van der Waals surface area contributed by atoms with Gasteiger partial charge in [0.1, 0.15) is 6.04 Å². The summed E-state index contributed by atoms with van der Waals surface area (Å²) in [5, 5.41) is 9.59. The fourth-order valence-corrected chi connectivity index (χ4v) is 5.96. The van der Waals surface area contributed by atoms with Crippen LogP contribution in [0.5, 0.6) is 0 Å². The maximum atomic E-state index is 13.6. The number of nitrogens with one attached hydrogen (secondary N) is 3. The van der Waals surface area contributed by atoms with Gasteiger partial charge in [0, 0.05) is 49.1 Å². The SMILES string of the molecule is CCCCCCCNC(=O)N(C)c1cccc(-c2ccc(C[C@H](Nc3ccccc3C(=O)c3ccccc3)C(=O)NCCCCCC)cc2)c1. The Hall–Kier alpha value is -4.91.